The maximum atomic E-state index is 12.2. The number of anilines is 1. The summed E-state index contributed by atoms with van der Waals surface area (Å²) in [7, 11) is 4.66. The first-order valence-electron chi connectivity index (χ1n) is 8.95. The van der Waals surface area contributed by atoms with Gasteiger partial charge < -0.3 is 9.47 Å². The fraction of sp³-hybridized carbons (Fsp3) is 0.300. The number of nitrogens with two attached hydrogens (primary N) is 2. The number of methoxy groups -OCH3 is 2. The Kier molecular flexibility index (Phi) is 8.85. The van der Waals surface area contributed by atoms with Gasteiger partial charge in [0, 0.05) is 18.9 Å². The Morgan fingerprint density at radius 1 is 1.17 bits per heavy atom. The van der Waals surface area contributed by atoms with Crippen molar-refractivity contribution in [2.45, 2.75) is 12.7 Å². The highest BCUT2D eigenvalue weighted by molar-refractivity contribution is 8.38. The van der Waals surface area contributed by atoms with Crippen LogP contribution in [0.25, 0.3) is 0 Å². The van der Waals surface area contributed by atoms with Crippen LogP contribution in [0.5, 0.6) is 11.5 Å². The minimum absolute atomic E-state index is 0.506. The molecular formula is C20H27N5O3S2. The van der Waals surface area contributed by atoms with Crippen molar-refractivity contribution >= 4 is 45.3 Å². The zero-order valence-electron chi connectivity index (χ0n) is 17.7. The van der Waals surface area contributed by atoms with Gasteiger partial charge in [-0.15, -0.1) is 11.8 Å². The van der Waals surface area contributed by atoms with E-state index < -0.39 is 6.03 Å². The predicted molar refractivity (Wildman–Crippen MR) is 127 cm³/mol. The normalized spacial score (nSPS) is 11.2. The van der Waals surface area contributed by atoms with Gasteiger partial charge in [-0.05, 0) is 42.5 Å². The van der Waals surface area contributed by atoms with Crippen molar-refractivity contribution in [2.75, 3.05) is 32.5 Å². The maximum absolute atomic E-state index is 12.2. The first-order chi connectivity index (χ1) is 14.3. The Bertz CT molecular complexity index is 921. The van der Waals surface area contributed by atoms with Crippen LogP contribution in [0.4, 0.5) is 16.2 Å². The van der Waals surface area contributed by atoms with Crippen molar-refractivity contribution in [1.82, 2.24) is 5.01 Å². The van der Waals surface area contributed by atoms with E-state index in [0.717, 1.165) is 25.5 Å². The molecule has 162 valence electrons. The molecule has 0 bridgehead atoms. The Labute approximate surface area is 185 Å². The number of hydrazine groups is 2. The van der Waals surface area contributed by atoms with Gasteiger partial charge >= 0.3 is 6.03 Å². The fourth-order valence-electron chi connectivity index (χ4n) is 2.62. The van der Waals surface area contributed by atoms with Gasteiger partial charge in [0.2, 0.25) is 0 Å². The number of rotatable bonds is 6. The summed E-state index contributed by atoms with van der Waals surface area (Å²) >= 11 is 3.08. The van der Waals surface area contributed by atoms with Crippen LogP contribution >= 0.6 is 23.5 Å². The molecule has 0 atom stereocenters. The monoisotopic (exact) mass is 449 g/mol. The van der Waals surface area contributed by atoms with Crippen LogP contribution in [0.3, 0.4) is 0 Å². The quantitative estimate of drug-likeness (QED) is 0.226. The number of benzene rings is 2. The van der Waals surface area contributed by atoms with Gasteiger partial charge in [-0.3, -0.25) is 5.01 Å². The van der Waals surface area contributed by atoms with Crippen LogP contribution in [0.15, 0.2) is 41.4 Å². The molecule has 4 N–H and O–H groups in total. The van der Waals surface area contributed by atoms with Crippen molar-refractivity contribution in [1.29, 1.82) is 0 Å². The van der Waals surface area contributed by atoms with Gasteiger partial charge in [0.25, 0.3) is 0 Å². The van der Waals surface area contributed by atoms with Crippen LogP contribution in [-0.4, -0.2) is 42.9 Å². The molecule has 0 heterocycles. The molecular weight excluding hydrogens is 422 g/mol. The molecule has 0 saturated heterocycles. The molecule has 2 aromatic carbocycles. The molecule has 2 rings (SSSR count). The lowest BCUT2D eigenvalue weighted by Gasteiger charge is -2.24. The molecule has 0 fully saturated rings. The minimum Gasteiger partial charge on any atom is -0.497 e. The number of hydrogen-bond donors (Lipinski definition) is 2. The second kappa shape index (κ2) is 11.1. The van der Waals surface area contributed by atoms with Crippen LogP contribution in [-0.2, 0) is 5.75 Å². The zero-order chi connectivity index (χ0) is 22.3. The van der Waals surface area contributed by atoms with Crippen molar-refractivity contribution in [3.63, 3.8) is 0 Å². The van der Waals surface area contributed by atoms with Gasteiger partial charge in [0.15, 0.2) is 0 Å². The average Bonchev–Trinajstić information content (AvgIpc) is 2.75. The van der Waals surface area contributed by atoms with Crippen molar-refractivity contribution in [3.8, 4) is 11.5 Å². The summed E-state index contributed by atoms with van der Waals surface area (Å²) in [4.78, 5) is 16.9. The molecule has 0 radical (unpaired) electrons. The number of carbonyl (C=O) groups is 1. The first-order valence-corrected chi connectivity index (χ1v) is 11.2. The summed E-state index contributed by atoms with van der Waals surface area (Å²) in [5.74, 6) is 13.5. The molecule has 0 unspecified atom stereocenters. The second-order valence-electron chi connectivity index (χ2n) is 6.24. The van der Waals surface area contributed by atoms with Gasteiger partial charge in [-0.2, -0.15) is 0 Å². The summed E-state index contributed by atoms with van der Waals surface area (Å²) in [5, 5.41) is 2.01. The predicted octanol–water partition coefficient (Wildman–Crippen LogP) is 3.90. The second-order valence-corrected chi connectivity index (χ2v) is 8.26. The number of aryl methyl sites for hydroxylation is 1. The zero-order valence-corrected chi connectivity index (χ0v) is 19.3. The Hall–Kier alpha value is -2.40. The van der Waals surface area contributed by atoms with E-state index >= 15 is 0 Å². The lowest BCUT2D eigenvalue weighted by Crippen LogP contribution is -2.49. The molecule has 10 heteroatoms. The lowest BCUT2D eigenvalue weighted by atomic mass is 10.1. The van der Waals surface area contributed by atoms with E-state index in [0.29, 0.717) is 28.6 Å². The highest BCUT2D eigenvalue weighted by Gasteiger charge is 2.19. The van der Waals surface area contributed by atoms with E-state index in [9.17, 15) is 4.79 Å². The molecule has 2 aromatic rings. The van der Waals surface area contributed by atoms with Crippen molar-refractivity contribution in [3.05, 3.63) is 47.5 Å². The number of nitrogens with zero attached hydrogens (tertiary/aromatic N) is 3. The fourth-order valence-corrected chi connectivity index (χ4v) is 4.26. The molecule has 8 nitrogen and oxygen atoms in total. The highest BCUT2D eigenvalue weighted by atomic mass is 32.2. The van der Waals surface area contributed by atoms with E-state index in [1.165, 1.54) is 18.8 Å². The number of hydrogen-bond acceptors (Lipinski definition) is 8. The van der Waals surface area contributed by atoms with Crippen molar-refractivity contribution in [2.24, 2.45) is 16.7 Å². The Morgan fingerprint density at radius 3 is 2.50 bits per heavy atom. The Morgan fingerprint density at radius 2 is 1.90 bits per heavy atom. The minimum atomic E-state index is -0.506. The van der Waals surface area contributed by atoms with Crippen molar-refractivity contribution < 1.29 is 14.3 Å². The molecule has 0 aromatic heterocycles. The molecule has 0 saturated carbocycles. The van der Waals surface area contributed by atoms with Gasteiger partial charge in [0.1, 0.15) is 21.6 Å². The highest BCUT2D eigenvalue weighted by Crippen LogP contribution is 2.35. The van der Waals surface area contributed by atoms with E-state index in [1.807, 2.05) is 37.4 Å². The average molecular weight is 450 g/mol. The maximum Gasteiger partial charge on any atom is 0.352 e. The number of ether oxygens (including phenoxy) is 2. The third kappa shape index (κ3) is 5.82. The lowest BCUT2D eigenvalue weighted by molar-refractivity contribution is 0.216. The summed E-state index contributed by atoms with van der Waals surface area (Å²) < 4.78 is 11.5. The van der Waals surface area contributed by atoms with E-state index in [-0.39, 0.29) is 0 Å². The van der Waals surface area contributed by atoms with E-state index in [2.05, 4.69) is 0 Å². The molecule has 2 amide bonds. The first kappa shape index (κ1) is 23.9. The summed E-state index contributed by atoms with van der Waals surface area (Å²) in [6.45, 7) is 1.98. The summed E-state index contributed by atoms with van der Waals surface area (Å²) in [6.07, 6.45) is 1.96. The molecule has 0 aliphatic carbocycles. The number of carbonyl (C=O) groups excluding carboxylic acids is 1. The molecule has 0 aliphatic rings. The third-order valence-electron chi connectivity index (χ3n) is 4.27. The largest absolute Gasteiger partial charge is 0.497 e. The number of thioether (sulfide) groups is 2. The van der Waals surface area contributed by atoms with Gasteiger partial charge in [-0.25, -0.2) is 26.5 Å². The summed E-state index contributed by atoms with van der Waals surface area (Å²) in [5.41, 5.74) is 3.27. The topological polar surface area (TPSA) is 106 Å². The van der Waals surface area contributed by atoms with E-state index in [1.54, 1.807) is 38.1 Å². The molecule has 0 spiro atoms. The number of aliphatic imine (C=N–C) groups is 1. The smallest absolute Gasteiger partial charge is 0.352 e. The van der Waals surface area contributed by atoms with Crippen LogP contribution in [0.1, 0.15) is 11.1 Å². The third-order valence-corrected chi connectivity index (χ3v) is 6.33. The van der Waals surface area contributed by atoms with Gasteiger partial charge in [0.05, 0.1) is 19.9 Å². The molecule has 0 aliphatic heterocycles. The van der Waals surface area contributed by atoms with Crippen LogP contribution in [0.2, 0.25) is 0 Å². The standard InChI is InChI=1S/C20H27N5O3S2/c1-13-7-6-8-17(25(22)20(26)24(2)21)15(13)12-30-19(29-5)23-16-10-9-14(27-3)11-18(16)28-4/h6-11H,12,21-22H2,1-5H3/b23-19-. The van der Waals surface area contributed by atoms with E-state index in [4.69, 9.17) is 26.2 Å². The van der Waals surface area contributed by atoms with Gasteiger partial charge in [-0.1, -0.05) is 23.9 Å². The van der Waals surface area contributed by atoms with Crippen LogP contribution in [0, 0.1) is 6.92 Å². The van der Waals surface area contributed by atoms with Crippen LogP contribution < -0.4 is 26.2 Å². The SMILES string of the molecule is COc1ccc(/N=C(/SC)SCc2c(C)cccc2N(N)C(=O)N(C)N)c(OC)c1. The number of urea groups is 1. The molecule has 30 heavy (non-hydrogen) atoms. The Balaban J connectivity index is 2.29. The summed E-state index contributed by atoms with van der Waals surface area (Å²) in [6, 6.07) is 10.6. The number of amides is 2.